The van der Waals surface area contributed by atoms with E-state index in [4.69, 9.17) is 10.5 Å². The Morgan fingerprint density at radius 3 is 2.80 bits per heavy atom. The molecule has 1 heterocycles. The van der Waals surface area contributed by atoms with E-state index in [1.54, 1.807) is 0 Å². The van der Waals surface area contributed by atoms with Crippen molar-refractivity contribution in [3.8, 4) is 5.75 Å². The van der Waals surface area contributed by atoms with Crippen molar-refractivity contribution in [2.45, 2.75) is 44.8 Å². The number of nitrogens with two attached hydrogens (primary N) is 1. The molecule has 1 unspecified atom stereocenters. The number of rotatable bonds is 5. The second-order valence-corrected chi connectivity index (χ2v) is 7.01. The first kappa shape index (κ1) is 13.9. The molecule has 0 amide bonds. The molecule has 3 nitrogen and oxygen atoms in total. The van der Waals surface area contributed by atoms with Crippen LogP contribution in [0.1, 0.15) is 43.9 Å². The number of benzene rings is 1. The van der Waals surface area contributed by atoms with Crippen molar-refractivity contribution in [1.82, 2.24) is 4.90 Å². The van der Waals surface area contributed by atoms with Crippen LogP contribution >= 0.6 is 0 Å². The Hall–Kier alpha value is -1.06. The Morgan fingerprint density at radius 2 is 2.15 bits per heavy atom. The van der Waals surface area contributed by atoms with Crippen LogP contribution in [0, 0.1) is 5.92 Å². The molecule has 3 heteroatoms. The van der Waals surface area contributed by atoms with Gasteiger partial charge in [-0.15, -0.1) is 0 Å². The monoisotopic (exact) mass is 274 g/mol. The Kier molecular flexibility index (Phi) is 3.51. The first-order chi connectivity index (χ1) is 9.50. The lowest BCUT2D eigenvalue weighted by atomic mass is 9.97. The fourth-order valence-corrected chi connectivity index (χ4v) is 3.28. The van der Waals surface area contributed by atoms with Gasteiger partial charge in [0.05, 0.1) is 6.04 Å². The van der Waals surface area contributed by atoms with Crippen LogP contribution < -0.4 is 10.5 Å². The number of likely N-dealkylation sites (N-methyl/N-ethyl adjacent to an activating group) is 1. The highest BCUT2D eigenvalue weighted by Gasteiger charge is 2.34. The molecule has 20 heavy (non-hydrogen) atoms. The van der Waals surface area contributed by atoms with Gasteiger partial charge in [-0.05, 0) is 45.2 Å². The van der Waals surface area contributed by atoms with Gasteiger partial charge in [0.2, 0.25) is 0 Å². The number of para-hydroxylation sites is 1. The van der Waals surface area contributed by atoms with Gasteiger partial charge in [-0.2, -0.15) is 0 Å². The molecule has 0 spiro atoms. The molecule has 1 aliphatic heterocycles. The predicted octanol–water partition coefficient (Wildman–Crippen LogP) is 2.74. The molecular weight excluding hydrogens is 248 g/mol. The van der Waals surface area contributed by atoms with E-state index < -0.39 is 0 Å². The number of hydrogen-bond acceptors (Lipinski definition) is 3. The van der Waals surface area contributed by atoms with Gasteiger partial charge in [-0.1, -0.05) is 18.2 Å². The van der Waals surface area contributed by atoms with Crippen molar-refractivity contribution in [1.29, 1.82) is 0 Å². The average Bonchev–Trinajstić information content (AvgIpc) is 3.11. The molecule has 2 aliphatic rings. The minimum Gasteiger partial charge on any atom is -0.487 e. The van der Waals surface area contributed by atoms with Crippen molar-refractivity contribution in [3.63, 3.8) is 0 Å². The second kappa shape index (κ2) is 5.05. The van der Waals surface area contributed by atoms with Crippen molar-refractivity contribution >= 4 is 0 Å². The van der Waals surface area contributed by atoms with Crippen LogP contribution in [0.4, 0.5) is 0 Å². The van der Waals surface area contributed by atoms with E-state index in [9.17, 15) is 0 Å². The fraction of sp³-hybridized carbons (Fsp3) is 0.647. The van der Waals surface area contributed by atoms with Crippen LogP contribution in [-0.4, -0.2) is 30.6 Å². The van der Waals surface area contributed by atoms with Crippen LogP contribution in [0.2, 0.25) is 0 Å². The van der Waals surface area contributed by atoms with Crippen LogP contribution in [0.25, 0.3) is 0 Å². The van der Waals surface area contributed by atoms with Crippen LogP contribution in [-0.2, 0) is 6.42 Å². The summed E-state index contributed by atoms with van der Waals surface area (Å²) < 4.78 is 6.20. The molecule has 1 saturated carbocycles. The van der Waals surface area contributed by atoms with E-state index in [1.165, 1.54) is 24.0 Å². The molecule has 110 valence electrons. The Balaban J connectivity index is 1.87. The summed E-state index contributed by atoms with van der Waals surface area (Å²) in [4.78, 5) is 2.40. The maximum Gasteiger partial charge on any atom is 0.128 e. The van der Waals surface area contributed by atoms with Crippen molar-refractivity contribution in [2.24, 2.45) is 11.7 Å². The summed E-state index contributed by atoms with van der Waals surface area (Å²) in [5.74, 6) is 1.96. The van der Waals surface area contributed by atoms with Gasteiger partial charge < -0.3 is 10.5 Å². The van der Waals surface area contributed by atoms with E-state index in [-0.39, 0.29) is 11.6 Å². The van der Waals surface area contributed by atoms with Gasteiger partial charge in [-0.3, -0.25) is 4.90 Å². The number of fused-ring (bicyclic) bond motifs is 1. The zero-order chi connectivity index (χ0) is 14.3. The van der Waals surface area contributed by atoms with Crippen LogP contribution in [0.15, 0.2) is 18.2 Å². The lowest BCUT2D eigenvalue weighted by molar-refractivity contribution is 0.133. The molecule has 1 fully saturated rings. The van der Waals surface area contributed by atoms with Gasteiger partial charge in [-0.25, -0.2) is 0 Å². The molecule has 1 aromatic carbocycles. The largest absolute Gasteiger partial charge is 0.487 e. The SMILES string of the molecule is CN(CC1CC1)C(CN)c1cccc2c1OC(C)(C)C2. The van der Waals surface area contributed by atoms with Crippen LogP contribution in [0.5, 0.6) is 5.75 Å². The van der Waals surface area contributed by atoms with Gasteiger partial charge in [0.1, 0.15) is 11.4 Å². The molecule has 0 bridgehead atoms. The maximum atomic E-state index is 6.20. The molecule has 0 radical (unpaired) electrons. The number of nitrogens with zero attached hydrogens (tertiary/aromatic N) is 1. The summed E-state index contributed by atoms with van der Waals surface area (Å²) in [6.07, 6.45) is 3.73. The van der Waals surface area contributed by atoms with Gasteiger partial charge in [0.15, 0.2) is 0 Å². The van der Waals surface area contributed by atoms with Gasteiger partial charge >= 0.3 is 0 Å². The van der Waals surface area contributed by atoms with Crippen molar-refractivity contribution < 1.29 is 4.74 Å². The minimum atomic E-state index is -0.0906. The molecule has 3 rings (SSSR count). The average molecular weight is 274 g/mol. The maximum absolute atomic E-state index is 6.20. The summed E-state index contributed by atoms with van der Waals surface area (Å²) in [5, 5.41) is 0. The molecule has 1 aliphatic carbocycles. The summed E-state index contributed by atoms with van der Waals surface area (Å²) in [6, 6.07) is 6.77. The topological polar surface area (TPSA) is 38.5 Å². The second-order valence-electron chi connectivity index (χ2n) is 7.01. The summed E-state index contributed by atoms with van der Waals surface area (Å²) in [7, 11) is 2.19. The molecule has 2 N–H and O–H groups in total. The van der Waals surface area contributed by atoms with Crippen LogP contribution in [0.3, 0.4) is 0 Å². The number of hydrogen-bond donors (Lipinski definition) is 1. The van der Waals surface area contributed by atoms with E-state index >= 15 is 0 Å². The van der Waals surface area contributed by atoms with Gasteiger partial charge in [0, 0.05) is 25.1 Å². The smallest absolute Gasteiger partial charge is 0.128 e. The Labute approximate surface area is 122 Å². The summed E-state index contributed by atoms with van der Waals surface area (Å²) >= 11 is 0. The molecular formula is C17H26N2O. The molecule has 0 aromatic heterocycles. The molecule has 1 aromatic rings. The highest BCUT2D eigenvalue weighted by atomic mass is 16.5. The quantitative estimate of drug-likeness (QED) is 0.897. The van der Waals surface area contributed by atoms with Gasteiger partial charge in [0.25, 0.3) is 0 Å². The standard InChI is InChI=1S/C17H26N2O/c1-17(2)9-13-5-4-6-14(16(13)20-17)15(10-18)19(3)11-12-7-8-12/h4-6,12,15H,7-11,18H2,1-3H3. The number of ether oxygens (including phenoxy) is 1. The first-order valence-electron chi connectivity index (χ1n) is 7.71. The van der Waals surface area contributed by atoms with E-state index in [1.807, 2.05) is 0 Å². The van der Waals surface area contributed by atoms with Crippen molar-refractivity contribution in [3.05, 3.63) is 29.3 Å². The summed E-state index contributed by atoms with van der Waals surface area (Å²) in [5.41, 5.74) is 8.56. The third kappa shape index (κ3) is 2.70. The lowest BCUT2D eigenvalue weighted by Crippen LogP contribution is -2.32. The third-order valence-electron chi connectivity index (χ3n) is 4.48. The highest BCUT2D eigenvalue weighted by Crippen LogP contribution is 2.41. The summed E-state index contributed by atoms with van der Waals surface area (Å²) in [6.45, 7) is 6.10. The first-order valence-corrected chi connectivity index (χ1v) is 7.71. The van der Waals surface area contributed by atoms with E-state index in [0.29, 0.717) is 6.54 Å². The Bertz CT molecular complexity index is 494. The highest BCUT2D eigenvalue weighted by molar-refractivity contribution is 5.47. The third-order valence-corrected chi connectivity index (χ3v) is 4.48. The Morgan fingerprint density at radius 1 is 1.40 bits per heavy atom. The fourth-order valence-electron chi connectivity index (χ4n) is 3.28. The molecule has 0 saturated heterocycles. The normalized spacial score (nSPS) is 21.6. The predicted molar refractivity (Wildman–Crippen MR) is 82.0 cm³/mol. The molecule has 1 atom stereocenters. The van der Waals surface area contributed by atoms with E-state index in [2.05, 4.69) is 44.0 Å². The zero-order valence-corrected chi connectivity index (χ0v) is 12.9. The van der Waals surface area contributed by atoms with Crippen molar-refractivity contribution in [2.75, 3.05) is 20.1 Å². The zero-order valence-electron chi connectivity index (χ0n) is 12.9. The van der Waals surface area contributed by atoms with E-state index in [0.717, 1.165) is 24.6 Å². The lowest BCUT2D eigenvalue weighted by Gasteiger charge is -2.29. The minimum absolute atomic E-state index is 0.0906.